The molecule has 0 fully saturated rings. The Morgan fingerprint density at radius 2 is 1.79 bits per heavy atom. The number of fused-ring (bicyclic) bond motifs is 1. The number of nitrogens with one attached hydrogen (secondary N) is 1. The summed E-state index contributed by atoms with van der Waals surface area (Å²) in [5.74, 6) is 0.131. The molecule has 0 aliphatic carbocycles. The molecule has 29 heavy (non-hydrogen) atoms. The van der Waals surface area contributed by atoms with Gasteiger partial charge in [0.1, 0.15) is 11.4 Å². The number of ether oxygens (including phenoxy) is 1. The Labute approximate surface area is 168 Å². The van der Waals surface area contributed by atoms with Crippen LogP contribution in [0.4, 0.5) is 4.79 Å². The summed E-state index contributed by atoms with van der Waals surface area (Å²) < 4.78 is 58.0. The molecule has 9 nitrogen and oxygen atoms in total. The number of carbonyl (C=O) groups is 1. The largest absolute Gasteiger partial charge is 0.426 e. The highest BCUT2D eigenvalue weighted by molar-refractivity contribution is 7.93. The molecule has 1 amide bonds. The Morgan fingerprint density at radius 3 is 2.41 bits per heavy atom. The Kier molecular flexibility index (Phi) is 5.62. The van der Waals surface area contributed by atoms with E-state index in [1.165, 1.54) is 24.4 Å². The van der Waals surface area contributed by atoms with Crippen molar-refractivity contribution in [2.45, 2.75) is 29.8 Å². The maximum Gasteiger partial charge on any atom is 0.426 e. The summed E-state index contributed by atoms with van der Waals surface area (Å²) >= 11 is 0. The van der Waals surface area contributed by atoms with Gasteiger partial charge in [0.2, 0.25) is 0 Å². The standard InChI is InChI=1S/C18H19N3O6S2/c1-3-7-13-10-11-15-19-16(28(2,23)24)17(21(15)12-13)29(25,26)20-18(22)27-14-8-5-4-6-9-14/h4-6,8-12H,3,7H2,1-2H3,(H,20,22). The molecule has 2 heterocycles. The van der Waals surface area contributed by atoms with Gasteiger partial charge in [0.05, 0.1) is 0 Å². The van der Waals surface area contributed by atoms with Gasteiger partial charge >= 0.3 is 6.09 Å². The number of amides is 1. The minimum Gasteiger partial charge on any atom is -0.410 e. The SMILES string of the molecule is CCCc1ccc2nc(S(C)(=O)=O)c(S(=O)(=O)NC(=O)Oc3ccccc3)n2c1. The summed E-state index contributed by atoms with van der Waals surface area (Å²) in [4.78, 5) is 16.0. The summed E-state index contributed by atoms with van der Waals surface area (Å²) in [5, 5.41) is -1.29. The number of hydrogen-bond donors (Lipinski definition) is 1. The third-order valence-corrected chi connectivity index (χ3v) is 6.37. The lowest BCUT2D eigenvalue weighted by Crippen LogP contribution is -2.34. The summed E-state index contributed by atoms with van der Waals surface area (Å²) in [5.41, 5.74) is 0.919. The van der Waals surface area contributed by atoms with E-state index in [-0.39, 0.29) is 11.4 Å². The van der Waals surface area contributed by atoms with Crippen LogP contribution in [0.15, 0.2) is 58.7 Å². The number of pyridine rings is 1. The van der Waals surface area contributed by atoms with Crippen LogP contribution in [0.5, 0.6) is 5.75 Å². The zero-order valence-electron chi connectivity index (χ0n) is 15.7. The molecule has 0 aliphatic rings. The van der Waals surface area contributed by atoms with Crippen LogP contribution in [0, 0.1) is 0 Å². The Bertz CT molecular complexity index is 1270. The minimum absolute atomic E-state index is 0.127. The number of hydrogen-bond acceptors (Lipinski definition) is 7. The van der Waals surface area contributed by atoms with E-state index in [1.807, 2.05) is 6.92 Å². The second-order valence-electron chi connectivity index (χ2n) is 6.32. The third-order valence-electron chi connectivity index (χ3n) is 3.92. The average molecular weight is 437 g/mol. The molecule has 154 valence electrons. The van der Waals surface area contributed by atoms with Gasteiger partial charge in [0.25, 0.3) is 10.0 Å². The van der Waals surface area contributed by atoms with E-state index in [0.717, 1.165) is 22.6 Å². The first-order valence-electron chi connectivity index (χ1n) is 8.62. The molecule has 1 aromatic carbocycles. The van der Waals surface area contributed by atoms with Gasteiger partial charge in [-0.25, -0.2) is 22.9 Å². The van der Waals surface area contributed by atoms with Crippen LogP contribution in [0.1, 0.15) is 18.9 Å². The van der Waals surface area contributed by atoms with Gasteiger partial charge in [-0.2, -0.15) is 8.42 Å². The summed E-state index contributed by atoms with van der Waals surface area (Å²) in [6.07, 6.45) is 2.55. The molecule has 0 unspecified atom stereocenters. The van der Waals surface area contributed by atoms with E-state index >= 15 is 0 Å². The maximum absolute atomic E-state index is 12.9. The van der Waals surface area contributed by atoms with E-state index in [9.17, 15) is 21.6 Å². The Hall–Kier alpha value is -2.92. The number of para-hydroxylation sites is 1. The topological polar surface area (TPSA) is 124 Å². The number of benzene rings is 1. The number of sulfonamides is 1. The fourth-order valence-corrected chi connectivity index (χ4v) is 5.24. The predicted molar refractivity (Wildman–Crippen MR) is 105 cm³/mol. The highest BCUT2D eigenvalue weighted by Gasteiger charge is 2.32. The molecular formula is C18H19N3O6S2. The number of imidazole rings is 1. The van der Waals surface area contributed by atoms with Crippen LogP contribution in [0.25, 0.3) is 5.65 Å². The van der Waals surface area contributed by atoms with E-state index in [0.29, 0.717) is 6.42 Å². The third kappa shape index (κ3) is 4.57. The van der Waals surface area contributed by atoms with Crippen LogP contribution in [0.3, 0.4) is 0 Å². The number of sulfone groups is 1. The van der Waals surface area contributed by atoms with Gasteiger partial charge in [-0.1, -0.05) is 37.6 Å². The monoisotopic (exact) mass is 437 g/mol. The summed E-state index contributed by atoms with van der Waals surface area (Å²) in [7, 11) is -8.61. The second kappa shape index (κ2) is 7.84. The maximum atomic E-state index is 12.9. The highest BCUT2D eigenvalue weighted by Crippen LogP contribution is 2.24. The van der Waals surface area contributed by atoms with Crippen molar-refractivity contribution in [1.29, 1.82) is 0 Å². The normalized spacial score (nSPS) is 12.1. The fraction of sp³-hybridized carbons (Fsp3) is 0.222. The zero-order chi connectivity index (χ0) is 21.2. The van der Waals surface area contributed by atoms with Crippen LogP contribution in [0.2, 0.25) is 0 Å². The Morgan fingerprint density at radius 1 is 1.10 bits per heavy atom. The van der Waals surface area contributed by atoms with Crippen LogP contribution >= 0.6 is 0 Å². The van der Waals surface area contributed by atoms with E-state index in [2.05, 4.69) is 4.98 Å². The Balaban J connectivity index is 2.07. The number of carbonyl (C=O) groups excluding carboxylic acids is 1. The molecule has 2 aromatic heterocycles. The van der Waals surface area contributed by atoms with Crippen molar-refractivity contribution in [2.24, 2.45) is 0 Å². The number of rotatable bonds is 6. The minimum atomic E-state index is -4.61. The summed E-state index contributed by atoms with van der Waals surface area (Å²) in [6, 6.07) is 11.1. The fourth-order valence-electron chi connectivity index (χ4n) is 2.74. The van der Waals surface area contributed by atoms with E-state index < -0.39 is 36.0 Å². The van der Waals surface area contributed by atoms with Gasteiger partial charge < -0.3 is 4.74 Å². The molecule has 3 rings (SSSR count). The van der Waals surface area contributed by atoms with Crippen molar-refractivity contribution in [3.05, 3.63) is 54.2 Å². The molecule has 0 saturated heterocycles. The zero-order valence-corrected chi connectivity index (χ0v) is 17.3. The number of aryl methyl sites for hydroxylation is 1. The van der Waals surface area contributed by atoms with Crippen LogP contribution < -0.4 is 9.46 Å². The lowest BCUT2D eigenvalue weighted by molar-refractivity contribution is 0.206. The first-order chi connectivity index (χ1) is 13.6. The average Bonchev–Trinajstić information content (AvgIpc) is 3.02. The molecule has 3 aromatic rings. The molecular weight excluding hydrogens is 418 g/mol. The molecule has 0 spiro atoms. The van der Waals surface area contributed by atoms with Gasteiger partial charge in [-0.15, -0.1) is 0 Å². The molecule has 0 aliphatic heterocycles. The molecule has 0 bridgehead atoms. The summed E-state index contributed by atoms with van der Waals surface area (Å²) in [6.45, 7) is 1.96. The molecule has 1 N–H and O–H groups in total. The molecule has 0 atom stereocenters. The van der Waals surface area contributed by atoms with E-state index in [1.54, 1.807) is 29.0 Å². The molecule has 0 saturated carbocycles. The smallest absolute Gasteiger partial charge is 0.410 e. The number of aromatic nitrogens is 2. The lowest BCUT2D eigenvalue weighted by atomic mass is 10.2. The van der Waals surface area contributed by atoms with Crippen molar-refractivity contribution < 1.29 is 26.4 Å². The van der Waals surface area contributed by atoms with Gasteiger partial charge in [-0.05, 0) is 30.2 Å². The van der Waals surface area contributed by atoms with Crippen molar-refractivity contribution in [3.8, 4) is 5.75 Å². The van der Waals surface area contributed by atoms with Crippen LogP contribution in [-0.4, -0.2) is 38.6 Å². The molecule has 0 radical (unpaired) electrons. The first kappa shape index (κ1) is 20.8. The lowest BCUT2D eigenvalue weighted by Gasteiger charge is -2.09. The van der Waals surface area contributed by atoms with Crippen molar-refractivity contribution >= 4 is 31.6 Å². The predicted octanol–water partition coefficient (Wildman–Crippen LogP) is 2.17. The van der Waals surface area contributed by atoms with Gasteiger partial charge in [-0.3, -0.25) is 4.40 Å². The van der Waals surface area contributed by atoms with Gasteiger partial charge in [0, 0.05) is 12.5 Å². The highest BCUT2D eigenvalue weighted by atomic mass is 32.2. The second-order valence-corrected chi connectivity index (χ2v) is 9.85. The van der Waals surface area contributed by atoms with E-state index in [4.69, 9.17) is 4.74 Å². The van der Waals surface area contributed by atoms with Crippen molar-refractivity contribution in [1.82, 2.24) is 14.1 Å². The quantitative estimate of drug-likeness (QED) is 0.627. The van der Waals surface area contributed by atoms with Crippen LogP contribution in [-0.2, 0) is 26.3 Å². The van der Waals surface area contributed by atoms with Gasteiger partial charge in [0.15, 0.2) is 19.9 Å². The van der Waals surface area contributed by atoms with Crippen molar-refractivity contribution in [2.75, 3.05) is 6.26 Å². The first-order valence-corrected chi connectivity index (χ1v) is 12.0. The molecule has 11 heteroatoms. The number of nitrogens with zero attached hydrogens (tertiary/aromatic N) is 2. The van der Waals surface area contributed by atoms with Crippen molar-refractivity contribution in [3.63, 3.8) is 0 Å².